The van der Waals surface area contributed by atoms with Gasteiger partial charge in [-0.3, -0.25) is 9.20 Å². The van der Waals surface area contributed by atoms with Crippen molar-refractivity contribution in [3.8, 4) is 0 Å². The molecule has 1 aliphatic heterocycles. The van der Waals surface area contributed by atoms with Gasteiger partial charge in [0.2, 0.25) is 5.91 Å². The number of aromatic nitrogens is 2. The number of likely N-dealkylation sites (tertiary alicyclic amines) is 1. The monoisotopic (exact) mass is 348 g/mol. The van der Waals surface area contributed by atoms with Gasteiger partial charge in [0.15, 0.2) is 4.96 Å². The van der Waals surface area contributed by atoms with Crippen molar-refractivity contribution in [1.82, 2.24) is 19.2 Å². The van der Waals surface area contributed by atoms with E-state index in [1.54, 1.807) is 11.3 Å². The molecule has 1 amide bonds. The lowest BCUT2D eigenvalue weighted by molar-refractivity contribution is -0.132. The van der Waals surface area contributed by atoms with E-state index in [1.807, 2.05) is 27.1 Å². The summed E-state index contributed by atoms with van der Waals surface area (Å²) in [5, 5.41) is 2.01. The lowest BCUT2D eigenvalue weighted by Gasteiger charge is -2.30. The third kappa shape index (κ3) is 4.36. The van der Waals surface area contributed by atoms with Gasteiger partial charge >= 0.3 is 0 Å². The van der Waals surface area contributed by atoms with Crippen LogP contribution in [0.5, 0.6) is 0 Å². The van der Waals surface area contributed by atoms with E-state index in [4.69, 9.17) is 0 Å². The summed E-state index contributed by atoms with van der Waals surface area (Å²) in [4.78, 5) is 22.8. The first-order valence-corrected chi connectivity index (χ1v) is 9.94. The van der Waals surface area contributed by atoms with Crippen LogP contribution in [0, 0.1) is 0 Å². The highest BCUT2D eigenvalue weighted by atomic mass is 32.1. The highest BCUT2D eigenvalue weighted by molar-refractivity contribution is 7.15. The summed E-state index contributed by atoms with van der Waals surface area (Å²) in [6.45, 7) is 8.37. The van der Waals surface area contributed by atoms with Gasteiger partial charge in [0.05, 0.1) is 12.1 Å². The fourth-order valence-electron chi connectivity index (χ4n) is 3.40. The van der Waals surface area contributed by atoms with Gasteiger partial charge in [-0.05, 0) is 39.8 Å². The standard InChI is InChI=1S/C18H28N4OS/c1-15(2)22(10-9-20-7-5-3-4-6-8-20)17(23)13-16-14-21-11-12-24-18(21)19-16/h11-12,14-15H,3-10,13H2,1-2H3. The first-order valence-electron chi connectivity index (χ1n) is 9.06. The highest BCUT2D eigenvalue weighted by Gasteiger charge is 2.20. The maximum atomic E-state index is 12.8. The minimum atomic E-state index is 0.186. The molecule has 0 atom stereocenters. The number of amides is 1. The zero-order valence-corrected chi connectivity index (χ0v) is 15.6. The number of fused-ring (bicyclic) bond motifs is 1. The Morgan fingerprint density at radius 2 is 2.04 bits per heavy atom. The summed E-state index contributed by atoms with van der Waals surface area (Å²) in [6, 6.07) is 0.230. The van der Waals surface area contributed by atoms with Crippen LogP contribution in [0.4, 0.5) is 0 Å². The third-order valence-corrected chi connectivity index (χ3v) is 5.55. The van der Waals surface area contributed by atoms with Gasteiger partial charge in [-0.25, -0.2) is 4.98 Å². The van der Waals surface area contributed by atoms with Crippen LogP contribution in [0.25, 0.3) is 4.96 Å². The lowest BCUT2D eigenvalue weighted by atomic mass is 10.2. The molecular formula is C18H28N4OS. The van der Waals surface area contributed by atoms with Crippen LogP contribution in [0.1, 0.15) is 45.2 Å². The van der Waals surface area contributed by atoms with Crippen LogP contribution in [-0.2, 0) is 11.2 Å². The van der Waals surface area contributed by atoms with Crippen LogP contribution >= 0.6 is 11.3 Å². The van der Waals surface area contributed by atoms with Crippen molar-refractivity contribution in [2.45, 2.75) is 52.0 Å². The number of rotatable bonds is 6. The van der Waals surface area contributed by atoms with E-state index in [0.717, 1.165) is 23.7 Å². The van der Waals surface area contributed by atoms with E-state index in [9.17, 15) is 4.79 Å². The molecule has 3 rings (SSSR count). The Labute approximate surface area is 148 Å². The Morgan fingerprint density at radius 3 is 2.71 bits per heavy atom. The molecule has 6 heteroatoms. The van der Waals surface area contributed by atoms with Crippen LogP contribution < -0.4 is 0 Å². The number of hydrogen-bond donors (Lipinski definition) is 0. The zero-order chi connectivity index (χ0) is 16.9. The molecule has 24 heavy (non-hydrogen) atoms. The summed E-state index contributed by atoms with van der Waals surface area (Å²) < 4.78 is 1.99. The highest BCUT2D eigenvalue weighted by Crippen LogP contribution is 2.14. The van der Waals surface area contributed by atoms with Crippen LogP contribution in [0.3, 0.4) is 0 Å². The van der Waals surface area contributed by atoms with Crippen molar-refractivity contribution in [1.29, 1.82) is 0 Å². The first kappa shape index (κ1) is 17.4. The molecule has 1 aliphatic rings. The molecule has 0 spiro atoms. The van der Waals surface area contributed by atoms with Crippen LogP contribution in [0.2, 0.25) is 0 Å². The number of carbonyl (C=O) groups excluding carboxylic acids is 1. The van der Waals surface area contributed by atoms with Crippen molar-refractivity contribution >= 4 is 22.2 Å². The predicted molar refractivity (Wildman–Crippen MR) is 98.5 cm³/mol. The average Bonchev–Trinajstić information content (AvgIpc) is 3.00. The van der Waals surface area contributed by atoms with Gasteiger partial charge in [-0.1, -0.05) is 12.8 Å². The van der Waals surface area contributed by atoms with Crippen molar-refractivity contribution in [3.63, 3.8) is 0 Å². The van der Waals surface area contributed by atoms with Gasteiger partial charge in [-0.2, -0.15) is 0 Å². The number of hydrogen-bond acceptors (Lipinski definition) is 4. The molecule has 1 saturated heterocycles. The van der Waals surface area contributed by atoms with Gasteiger partial charge < -0.3 is 9.80 Å². The van der Waals surface area contributed by atoms with Crippen molar-refractivity contribution in [2.75, 3.05) is 26.2 Å². The number of carbonyl (C=O) groups is 1. The lowest BCUT2D eigenvalue weighted by Crippen LogP contribution is -2.43. The van der Waals surface area contributed by atoms with Gasteiger partial charge in [0.1, 0.15) is 0 Å². The predicted octanol–water partition coefficient (Wildman–Crippen LogP) is 3.05. The van der Waals surface area contributed by atoms with E-state index < -0.39 is 0 Å². The second-order valence-corrected chi connectivity index (χ2v) is 7.81. The van der Waals surface area contributed by atoms with Gasteiger partial charge in [0, 0.05) is 36.9 Å². The molecule has 2 aromatic heterocycles. The Hall–Kier alpha value is -1.40. The van der Waals surface area contributed by atoms with Gasteiger partial charge in [0.25, 0.3) is 0 Å². The largest absolute Gasteiger partial charge is 0.339 e. The first-order chi connectivity index (χ1) is 11.6. The summed E-state index contributed by atoms with van der Waals surface area (Å²) in [5.41, 5.74) is 0.868. The molecule has 132 valence electrons. The third-order valence-electron chi connectivity index (χ3n) is 4.77. The smallest absolute Gasteiger partial charge is 0.228 e. The summed E-state index contributed by atoms with van der Waals surface area (Å²) in [6.07, 6.45) is 9.63. The SMILES string of the molecule is CC(C)N(CCN1CCCCCC1)C(=O)Cc1cn2ccsc2n1. The van der Waals surface area contributed by atoms with Crippen molar-refractivity contribution < 1.29 is 4.79 Å². The molecule has 2 aromatic rings. The average molecular weight is 349 g/mol. The number of nitrogens with zero attached hydrogens (tertiary/aromatic N) is 4. The topological polar surface area (TPSA) is 40.9 Å². The van der Waals surface area contributed by atoms with Crippen molar-refractivity contribution in [2.24, 2.45) is 0 Å². The molecule has 1 fully saturated rings. The second kappa shape index (κ2) is 8.12. The molecule has 0 bridgehead atoms. The van der Waals surface area contributed by atoms with E-state index in [1.165, 1.54) is 38.8 Å². The molecule has 0 aromatic carbocycles. The van der Waals surface area contributed by atoms with Crippen LogP contribution in [-0.4, -0.2) is 57.3 Å². The summed E-state index contributed by atoms with van der Waals surface area (Å²) >= 11 is 1.60. The Kier molecular flexibility index (Phi) is 5.89. The molecule has 0 radical (unpaired) electrons. The summed E-state index contributed by atoms with van der Waals surface area (Å²) in [5.74, 6) is 0.186. The molecular weight excluding hydrogens is 320 g/mol. The number of thiazole rings is 1. The molecule has 0 saturated carbocycles. The van der Waals surface area contributed by atoms with Gasteiger partial charge in [-0.15, -0.1) is 11.3 Å². The van der Waals surface area contributed by atoms with E-state index in [2.05, 4.69) is 23.7 Å². The molecule has 5 nitrogen and oxygen atoms in total. The maximum Gasteiger partial charge on any atom is 0.228 e. The van der Waals surface area contributed by atoms with E-state index in [0.29, 0.717) is 6.42 Å². The van der Waals surface area contributed by atoms with E-state index in [-0.39, 0.29) is 11.9 Å². The molecule has 3 heterocycles. The maximum absolute atomic E-state index is 12.8. The quantitative estimate of drug-likeness (QED) is 0.806. The van der Waals surface area contributed by atoms with Crippen LogP contribution in [0.15, 0.2) is 17.8 Å². The van der Waals surface area contributed by atoms with Crippen molar-refractivity contribution in [3.05, 3.63) is 23.5 Å². The fraction of sp³-hybridized carbons (Fsp3) is 0.667. The zero-order valence-electron chi connectivity index (χ0n) is 14.8. The normalized spacial score (nSPS) is 16.6. The summed E-state index contributed by atoms with van der Waals surface area (Å²) in [7, 11) is 0. The molecule has 0 aliphatic carbocycles. The second-order valence-electron chi connectivity index (χ2n) is 6.94. The Balaban J connectivity index is 1.57. The minimum Gasteiger partial charge on any atom is -0.339 e. The van der Waals surface area contributed by atoms with E-state index >= 15 is 0 Å². The molecule has 0 unspecified atom stereocenters. The Bertz CT molecular complexity index is 626. The fourth-order valence-corrected chi connectivity index (χ4v) is 4.12. The molecule has 0 N–H and O–H groups in total. The Morgan fingerprint density at radius 1 is 1.29 bits per heavy atom. The minimum absolute atomic E-state index is 0.186. The number of imidazole rings is 1.